The van der Waals surface area contributed by atoms with Crippen LogP contribution in [0.2, 0.25) is 0 Å². The molecule has 0 bridgehead atoms. The summed E-state index contributed by atoms with van der Waals surface area (Å²) in [5, 5.41) is 5.48. The number of urea groups is 1. The number of hydrogen-bond acceptors (Lipinski definition) is 4. The van der Waals surface area contributed by atoms with E-state index in [9.17, 15) is 9.59 Å². The molecule has 4 rings (SSSR count). The monoisotopic (exact) mass is 434 g/mol. The van der Waals surface area contributed by atoms with Crippen LogP contribution in [-0.4, -0.2) is 18.6 Å². The fourth-order valence-corrected chi connectivity index (χ4v) is 4.40. The molecular formula is C26H30N2O4. The van der Waals surface area contributed by atoms with Crippen LogP contribution in [0.15, 0.2) is 66.9 Å². The molecule has 2 aromatic rings. The number of benzene rings is 2. The maximum Gasteiger partial charge on any atom is 0.319 e. The van der Waals surface area contributed by atoms with Gasteiger partial charge in [0.1, 0.15) is 18.3 Å². The summed E-state index contributed by atoms with van der Waals surface area (Å²) in [7, 11) is 0. The van der Waals surface area contributed by atoms with Crippen LogP contribution in [-0.2, 0) is 16.1 Å². The Morgan fingerprint density at radius 2 is 1.72 bits per heavy atom. The zero-order valence-corrected chi connectivity index (χ0v) is 18.2. The number of rotatable bonds is 7. The molecule has 32 heavy (non-hydrogen) atoms. The summed E-state index contributed by atoms with van der Waals surface area (Å²) in [6.45, 7) is 4.82. The van der Waals surface area contributed by atoms with Gasteiger partial charge in [-0.3, -0.25) is 4.79 Å². The van der Waals surface area contributed by atoms with Crippen LogP contribution in [0.25, 0.3) is 0 Å². The smallest absolute Gasteiger partial charge is 0.319 e. The van der Waals surface area contributed by atoms with Crippen LogP contribution in [0.5, 0.6) is 5.75 Å². The molecule has 6 heteroatoms. The first-order valence-corrected chi connectivity index (χ1v) is 11.3. The Kier molecular flexibility index (Phi) is 7.10. The lowest BCUT2D eigenvalue weighted by Gasteiger charge is -2.33. The van der Waals surface area contributed by atoms with Gasteiger partial charge in [0, 0.05) is 5.70 Å². The van der Waals surface area contributed by atoms with Crippen molar-refractivity contribution in [2.24, 2.45) is 11.8 Å². The molecule has 1 saturated carbocycles. The van der Waals surface area contributed by atoms with Crippen LogP contribution in [0.4, 0.5) is 4.79 Å². The third kappa shape index (κ3) is 5.49. The van der Waals surface area contributed by atoms with Crippen molar-refractivity contribution in [1.29, 1.82) is 0 Å². The normalized spacial score (nSPS) is 21.4. The summed E-state index contributed by atoms with van der Waals surface area (Å²) in [4.78, 5) is 25.1. The largest absolute Gasteiger partial charge is 0.489 e. The molecule has 2 atom stereocenters. The van der Waals surface area contributed by atoms with Crippen LogP contribution >= 0.6 is 0 Å². The van der Waals surface area contributed by atoms with E-state index in [1.54, 1.807) is 0 Å². The Morgan fingerprint density at radius 3 is 2.44 bits per heavy atom. The lowest BCUT2D eigenvalue weighted by molar-refractivity contribution is -0.150. The van der Waals surface area contributed by atoms with Gasteiger partial charge in [-0.15, -0.1) is 0 Å². The molecule has 168 valence electrons. The predicted octanol–water partition coefficient (Wildman–Crippen LogP) is 4.87. The van der Waals surface area contributed by atoms with Crippen molar-refractivity contribution in [1.82, 2.24) is 10.6 Å². The summed E-state index contributed by atoms with van der Waals surface area (Å²) in [5.41, 5.74) is 2.24. The highest BCUT2D eigenvalue weighted by Crippen LogP contribution is 2.32. The van der Waals surface area contributed by atoms with Crippen molar-refractivity contribution in [2.75, 3.05) is 6.61 Å². The number of carbonyl (C=O) groups excluding carboxylic acids is 2. The number of esters is 1. The van der Waals surface area contributed by atoms with Gasteiger partial charge in [0.25, 0.3) is 0 Å². The predicted molar refractivity (Wildman–Crippen MR) is 122 cm³/mol. The summed E-state index contributed by atoms with van der Waals surface area (Å²) < 4.78 is 11.5. The minimum absolute atomic E-state index is 0.358. The van der Waals surface area contributed by atoms with Gasteiger partial charge in [-0.1, -0.05) is 68.3 Å². The Morgan fingerprint density at radius 1 is 1.00 bits per heavy atom. The average Bonchev–Trinajstić information content (AvgIpc) is 2.82. The summed E-state index contributed by atoms with van der Waals surface area (Å²) >= 11 is 0. The van der Waals surface area contributed by atoms with Gasteiger partial charge in [0.15, 0.2) is 0 Å². The van der Waals surface area contributed by atoms with E-state index < -0.39 is 12.0 Å². The Bertz CT molecular complexity index is 936. The van der Waals surface area contributed by atoms with Crippen molar-refractivity contribution in [2.45, 2.75) is 44.8 Å². The number of hydrogen-bond donors (Lipinski definition) is 2. The summed E-state index contributed by atoms with van der Waals surface area (Å²) in [5.74, 6) is 0.0922. The number of amides is 2. The Hall–Kier alpha value is -3.28. The molecule has 6 nitrogen and oxygen atoms in total. The standard InChI is InChI=1S/C26H30N2O4/c1-18-23(25(29)32-17-20-10-6-3-7-11-20)24(28-26(30)27-18)21-12-14-22(15-13-21)31-16-19-8-4-2-5-9-19/h2,4-5,8-9,12-15,20,23-24H,1,3,6-7,10-11,16-17H2,(H2,27,28,30). The fraction of sp³-hybridized carbons (Fsp3) is 0.385. The topological polar surface area (TPSA) is 76.7 Å². The van der Waals surface area contributed by atoms with Gasteiger partial charge in [-0.25, -0.2) is 4.79 Å². The summed E-state index contributed by atoms with van der Waals surface area (Å²) in [6.07, 6.45) is 5.84. The molecule has 1 heterocycles. The molecule has 2 aromatic carbocycles. The highest BCUT2D eigenvalue weighted by atomic mass is 16.5. The van der Waals surface area contributed by atoms with Crippen molar-refractivity contribution >= 4 is 12.0 Å². The quantitative estimate of drug-likeness (QED) is 0.610. The first kappa shape index (κ1) is 21.9. The van der Waals surface area contributed by atoms with E-state index >= 15 is 0 Å². The molecule has 2 aliphatic rings. The third-order valence-corrected chi connectivity index (χ3v) is 6.20. The minimum atomic E-state index is -0.688. The molecule has 1 saturated heterocycles. The van der Waals surface area contributed by atoms with E-state index in [4.69, 9.17) is 9.47 Å². The van der Waals surface area contributed by atoms with Gasteiger partial charge in [-0.05, 0) is 42.0 Å². The number of carbonyl (C=O) groups is 2. The van der Waals surface area contributed by atoms with Gasteiger partial charge in [0.05, 0.1) is 12.6 Å². The van der Waals surface area contributed by atoms with E-state index in [0.717, 1.165) is 24.0 Å². The second-order valence-electron chi connectivity index (χ2n) is 8.56. The maximum absolute atomic E-state index is 13.0. The van der Waals surface area contributed by atoms with E-state index in [1.165, 1.54) is 19.3 Å². The molecule has 2 amide bonds. The van der Waals surface area contributed by atoms with Crippen molar-refractivity contribution in [3.63, 3.8) is 0 Å². The van der Waals surface area contributed by atoms with E-state index in [1.807, 2.05) is 54.6 Å². The molecule has 0 spiro atoms. The highest BCUT2D eigenvalue weighted by Gasteiger charge is 2.39. The molecule has 1 aliphatic carbocycles. The highest BCUT2D eigenvalue weighted by molar-refractivity contribution is 5.85. The molecule has 2 unspecified atom stereocenters. The minimum Gasteiger partial charge on any atom is -0.489 e. The van der Waals surface area contributed by atoms with Crippen LogP contribution in [0, 0.1) is 11.8 Å². The van der Waals surface area contributed by atoms with Gasteiger partial charge in [-0.2, -0.15) is 0 Å². The molecular weight excluding hydrogens is 404 g/mol. The van der Waals surface area contributed by atoms with E-state index in [2.05, 4.69) is 17.2 Å². The third-order valence-electron chi connectivity index (χ3n) is 6.20. The first-order chi connectivity index (χ1) is 15.6. The number of nitrogens with one attached hydrogen (secondary N) is 2. The SMILES string of the molecule is C=C1NC(=O)NC(c2ccc(OCc3ccccc3)cc2)C1C(=O)OCC1CCCCC1. The second kappa shape index (κ2) is 10.4. The second-order valence-corrected chi connectivity index (χ2v) is 8.56. The van der Waals surface area contributed by atoms with E-state index in [0.29, 0.717) is 30.6 Å². The fourth-order valence-electron chi connectivity index (χ4n) is 4.40. The Balaban J connectivity index is 1.42. The lowest BCUT2D eigenvalue weighted by Crippen LogP contribution is -2.51. The van der Waals surface area contributed by atoms with Crippen molar-refractivity contribution in [3.05, 3.63) is 78.0 Å². The van der Waals surface area contributed by atoms with Gasteiger partial charge in [0.2, 0.25) is 0 Å². The van der Waals surface area contributed by atoms with Crippen LogP contribution in [0.3, 0.4) is 0 Å². The molecule has 2 fully saturated rings. The zero-order chi connectivity index (χ0) is 22.3. The summed E-state index contributed by atoms with van der Waals surface area (Å²) in [6, 6.07) is 16.4. The first-order valence-electron chi connectivity index (χ1n) is 11.3. The molecule has 1 aliphatic heterocycles. The average molecular weight is 435 g/mol. The van der Waals surface area contributed by atoms with Gasteiger partial charge < -0.3 is 20.1 Å². The van der Waals surface area contributed by atoms with Crippen molar-refractivity contribution in [3.8, 4) is 5.75 Å². The Labute approximate surface area is 189 Å². The van der Waals surface area contributed by atoms with Crippen LogP contribution < -0.4 is 15.4 Å². The molecule has 2 N–H and O–H groups in total. The molecule has 0 aromatic heterocycles. The maximum atomic E-state index is 13.0. The van der Waals surface area contributed by atoms with Crippen LogP contribution in [0.1, 0.15) is 49.3 Å². The lowest BCUT2D eigenvalue weighted by atomic mass is 9.88. The number of ether oxygens (including phenoxy) is 2. The zero-order valence-electron chi connectivity index (χ0n) is 18.2. The van der Waals surface area contributed by atoms with Gasteiger partial charge >= 0.3 is 12.0 Å². The molecule has 0 radical (unpaired) electrons. The van der Waals surface area contributed by atoms with Crippen molar-refractivity contribution < 1.29 is 19.1 Å². The van der Waals surface area contributed by atoms with E-state index in [-0.39, 0.29) is 12.0 Å².